The third-order valence-corrected chi connectivity index (χ3v) is 3.34. The van der Waals surface area contributed by atoms with E-state index in [1.807, 2.05) is 24.3 Å². The number of hydrogen-bond acceptors (Lipinski definition) is 1. The number of hydrogen-bond donors (Lipinski definition) is 1. The van der Waals surface area contributed by atoms with Gasteiger partial charge in [0.25, 0.3) is 0 Å². The van der Waals surface area contributed by atoms with Crippen molar-refractivity contribution >= 4 is 22.4 Å². The summed E-state index contributed by atoms with van der Waals surface area (Å²) in [4.78, 5) is 0. The molecule has 0 spiro atoms. The molecule has 2 aromatic rings. The van der Waals surface area contributed by atoms with Crippen LogP contribution in [0.15, 0.2) is 42.5 Å². The van der Waals surface area contributed by atoms with Crippen LogP contribution >= 0.6 is 11.6 Å². The number of quaternary nitrogens is 1. The van der Waals surface area contributed by atoms with Crippen molar-refractivity contribution < 1.29 is 10.1 Å². The molecule has 0 fully saturated rings. The van der Waals surface area contributed by atoms with Crippen molar-refractivity contribution in [2.24, 2.45) is 0 Å². The maximum atomic E-state index is 6.27. The third kappa shape index (κ3) is 4.12. The molecule has 2 aromatic carbocycles. The minimum absolute atomic E-state index is 0.0290. The van der Waals surface area contributed by atoms with E-state index < -0.39 is 0 Å². The van der Waals surface area contributed by atoms with Crippen LogP contribution in [0.2, 0.25) is 0 Å². The third-order valence-electron chi connectivity index (χ3n) is 3.03. The van der Waals surface area contributed by atoms with Gasteiger partial charge in [0.1, 0.15) is 17.7 Å². The summed E-state index contributed by atoms with van der Waals surface area (Å²) in [5, 5.41) is 4.59. The fraction of sp³-hybridized carbons (Fsp3) is 0.375. The summed E-state index contributed by atoms with van der Waals surface area (Å²) in [6.45, 7) is 5.74. The van der Waals surface area contributed by atoms with Crippen LogP contribution < -0.4 is 10.1 Å². The van der Waals surface area contributed by atoms with Crippen LogP contribution in [0.3, 0.4) is 0 Å². The zero-order chi connectivity index (χ0) is 13.7. The Balaban J connectivity index is 1.98. The summed E-state index contributed by atoms with van der Waals surface area (Å²) in [5.41, 5.74) is 0. The molecule has 2 nitrogen and oxygen atoms in total. The lowest BCUT2D eigenvalue weighted by Crippen LogP contribution is -2.90. The summed E-state index contributed by atoms with van der Waals surface area (Å²) in [6.07, 6.45) is 0. The molecule has 1 atom stereocenters. The van der Waals surface area contributed by atoms with Gasteiger partial charge < -0.3 is 10.1 Å². The Morgan fingerprint density at radius 2 is 1.84 bits per heavy atom. The SMILES string of the molecule is CC(C)[NH2+]C[C@@H](Cl)COc1cccc2ccccc12. The van der Waals surface area contributed by atoms with Crippen LogP contribution in [0.4, 0.5) is 0 Å². The van der Waals surface area contributed by atoms with E-state index in [2.05, 4.69) is 37.4 Å². The molecule has 0 aliphatic rings. The largest absolute Gasteiger partial charge is 0.491 e. The van der Waals surface area contributed by atoms with E-state index in [-0.39, 0.29) is 5.38 Å². The van der Waals surface area contributed by atoms with Gasteiger partial charge in [-0.25, -0.2) is 0 Å². The fourth-order valence-corrected chi connectivity index (χ4v) is 2.16. The molecule has 2 rings (SSSR count). The number of rotatable bonds is 6. The van der Waals surface area contributed by atoms with Gasteiger partial charge in [-0.3, -0.25) is 0 Å². The second-order valence-corrected chi connectivity index (χ2v) is 5.72. The summed E-state index contributed by atoms with van der Waals surface area (Å²) in [6, 6.07) is 14.9. The van der Waals surface area contributed by atoms with Crippen molar-refractivity contribution in [3.8, 4) is 5.75 Å². The van der Waals surface area contributed by atoms with Gasteiger partial charge in [-0.05, 0) is 25.3 Å². The normalized spacial score (nSPS) is 12.8. The summed E-state index contributed by atoms with van der Waals surface area (Å²) >= 11 is 6.27. The molecule has 0 aliphatic carbocycles. The first kappa shape index (κ1) is 14.2. The van der Waals surface area contributed by atoms with E-state index >= 15 is 0 Å². The van der Waals surface area contributed by atoms with Gasteiger partial charge >= 0.3 is 0 Å². The van der Waals surface area contributed by atoms with Crippen molar-refractivity contribution in [3.05, 3.63) is 42.5 Å². The Morgan fingerprint density at radius 1 is 1.11 bits per heavy atom. The number of fused-ring (bicyclic) bond motifs is 1. The van der Waals surface area contributed by atoms with Gasteiger partial charge in [-0.15, -0.1) is 11.6 Å². The van der Waals surface area contributed by atoms with Gasteiger partial charge in [0.2, 0.25) is 0 Å². The molecule has 0 bridgehead atoms. The number of nitrogens with two attached hydrogens (primary N) is 1. The van der Waals surface area contributed by atoms with Crippen molar-refractivity contribution in [1.29, 1.82) is 0 Å². The molecular formula is C16H21ClNO+. The number of ether oxygens (including phenoxy) is 1. The minimum atomic E-state index is 0.0290. The number of benzene rings is 2. The van der Waals surface area contributed by atoms with E-state index in [1.54, 1.807) is 0 Å². The molecule has 3 heteroatoms. The van der Waals surface area contributed by atoms with Crippen LogP contribution in [-0.4, -0.2) is 24.6 Å². The minimum Gasteiger partial charge on any atom is -0.491 e. The van der Waals surface area contributed by atoms with E-state index in [9.17, 15) is 0 Å². The van der Waals surface area contributed by atoms with Gasteiger partial charge in [-0.1, -0.05) is 36.4 Å². The smallest absolute Gasteiger partial charge is 0.127 e. The molecule has 0 radical (unpaired) electrons. The topological polar surface area (TPSA) is 25.8 Å². The quantitative estimate of drug-likeness (QED) is 0.808. The Bertz CT molecular complexity index is 522. The molecule has 0 heterocycles. The van der Waals surface area contributed by atoms with E-state index in [0.717, 1.165) is 17.7 Å². The van der Waals surface area contributed by atoms with Crippen molar-refractivity contribution in [1.82, 2.24) is 0 Å². The monoisotopic (exact) mass is 278 g/mol. The number of alkyl halides is 1. The van der Waals surface area contributed by atoms with Gasteiger partial charge in [0.15, 0.2) is 0 Å². The van der Waals surface area contributed by atoms with E-state index in [0.29, 0.717) is 12.6 Å². The highest BCUT2D eigenvalue weighted by Gasteiger charge is 2.10. The fourth-order valence-electron chi connectivity index (χ4n) is 1.99. The lowest BCUT2D eigenvalue weighted by molar-refractivity contribution is -0.682. The van der Waals surface area contributed by atoms with Crippen LogP contribution in [-0.2, 0) is 0 Å². The Labute approximate surface area is 119 Å². The van der Waals surface area contributed by atoms with Gasteiger partial charge in [0.05, 0.1) is 12.6 Å². The molecule has 0 aliphatic heterocycles. The molecule has 0 amide bonds. The summed E-state index contributed by atoms with van der Waals surface area (Å²) in [7, 11) is 0. The average molecular weight is 279 g/mol. The standard InChI is InChI=1S/C16H20ClNO/c1-12(2)18-10-14(17)11-19-16-9-5-7-13-6-3-4-8-15(13)16/h3-9,12,14,18H,10-11H2,1-2H3/p+1/t14-/m1/s1. The highest BCUT2D eigenvalue weighted by Crippen LogP contribution is 2.25. The Morgan fingerprint density at radius 3 is 2.63 bits per heavy atom. The molecule has 102 valence electrons. The maximum Gasteiger partial charge on any atom is 0.127 e. The van der Waals surface area contributed by atoms with Crippen LogP contribution in [0.25, 0.3) is 10.8 Å². The molecule has 2 N–H and O–H groups in total. The summed E-state index contributed by atoms with van der Waals surface area (Å²) < 4.78 is 5.86. The molecular weight excluding hydrogens is 258 g/mol. The van der Waals surface area contributed by atoms with E-state index in [4.69, 9.17) is 16.3 Å². The first-order valence-corrected chi connectivity index (χ1v) is 7.18. The Hall–Kier alpha value is -1.25. The zero-order valence-corrected chi connectivity index (χ0v) is 12.2. The molecule has 0 saturated heterocycles. The lowest BCUT2D eigenvalue weighted by atomic mass is 10.1. The van der Waals surface area contributed by atoms with Crippen molar-refractivity contribution in [3.63, 3.8) is 0 Å². The van der Waals surface area contributed by atoms with Gasteiger partial charge in [0, 0.05) is 5.39 Å². The van der Waals surface area contributed by atoms with E-state index in [1.165, 1.54) is 5.39 Å². The van der Waals surface area contributed by atoms with Crippen LogP contribution in [0.5, 0.6) is 5.75 Å². The first-order chi connectivity index (χ1) is 9.16. The maximum absolute atomic E-state index is 6.27. The first-order valence-electron chi connectivity index (χ1n) is 6.75. The lowest BCUT2D eigenvalue weighted by Gasteiger charge is -2.13. The molecule has 0 saturated carbocycles. The molecule has 0 aromatic heterocycles. The predicted octanol–water partition coefficient (Wildman–Crippen LogP) is 2.80. The van der Waals surface area contributed by atoms with Crippen LogP contribution in [0.1, 0.15) is 13.8 Å². The molecule has 19 heavy (non-hydrogen) atoms. The average Bonchev–Trinajstić information content (AvgIpc) is 2.42. The highest BCUT2D eigenvalue weighted by atomic mass is 35.5. The van der Waals surface area contributed by atoms with Gasteiger partial charge in [-0.2, -0.15) is 0 Å². The summed E-state index contributed by atoms with van der Waals surface area (Å²) in [5.74, 6) is 0.910. The molecule has 0 unspecified atom stereocenters. The van der Waals surface area contributed by atoms with Crippen molar-refractivity contribution in [2.45, 2.75) is 25.3 Å². The van der Waals surface area contributed by atoms with Crippen molar-refractivity contribution in [2.75, 3.05) is 13.2 Å². The second-order valence-electron chi connectivity index (χ2n) is 5.10. The number of halogens is 1. The predicted molar refractivity (Wildman–Crippen MR) is 81.0 cm³/mol. The van der Waals surface area contributed by atoms with Crippen LogP contribution in [0, 0.1) is 0 Å². The second kappa shape index (κ2) is 6.78. The highest BCUT2D eigenvalue weighted by molar-refractivity contribution is 6.20. The Kier molecular flexibility index (Phi) is 5.06. The zero-order valence-electron chi connectivity index (χ0n) is 11.5.